The monoisotopic (exact) mass is 328 g/mol. The molecule has 0 saturated carbocycles. The average molecular weight is 328 g/mol. The molecule has 1 aromatic heterocycles. The molecular formula is C18H21FN4O. The summed E-state index contributed by atoms with van der Waals surface area (Å²) in [5.74, 6) is 0.657. The zero-order valence-corrected chi connectivity index (χ0v) is 13.9. The van der Waals surface area contributed by atoms with Gasteiger partial charge in [0.1, 0.15) is 11.5 Å². The van der Waals surface area contributed by atoms with Crippen LogP contribution in [0.3, 0.4) is 0 Å². The maximum absolute atomic E-state index is 12.9. The van der Waals surface area contributed by atoms with E-state index in [1.807, 2.05) is 6.92 Å². The van der Waals surface area contributed by atoms with Crippen LogP contribution in [0.2, 0.25) is 0 Å². The number of aromatic nitrogens is 2. The molecule has 0 atom stereocenters. The van der Waals surface area contributed by atoms with E-state index in [1.165, 1.54) is 24.3 Å². The molecule has 0 aliphatic carbocycles. The first-order valence-electron chi connectivity index (χ1n) is 8.19. The molecule has 0 unspecified atom stereocenters. The van der Waals surface area contributed by atoms with E-state index in [9.17, 15) is 9.18 Å². The predicted molar refractivity (Wildman–Crippen MR) is 91.7 cm³/mol. The standard InChI is InChI=1S/C18H21FN4O/c1-12-7-9-23(10-8-12)18-20-13(2)11-16(22-18)17(24)21-15-5-3-14(19)4-6-15/h3-6,11-12H,7-10H2,1-2H3,(H,21,24). The Balaban J connectivity index is 1.77. The van der Waals surface area contributed by atoms with Crippen LogP contribution in [0.15, 0.2) is 30.3 Å². The van der Waals surface area contributed by atoms with Crippen LogP contribution in [-0.4, -0.2) is 29.0 Å². The first-order chi connectivity index (χ1) is 11.5. The maximum Gasteiger partial charge on any atom is 0.274 e. The molecule has 0 radical (unpaired) electrons. The fourth-order valence-corrected chi connectivity index (χ4v) is 2.75. The summed E-state index contributed by atoms with van der Waals surface area (Å²) in [4.78, 5) is 23.4. The Hall–Kier alpha value is -2.50. The third kappa shape index (κ3) is 3.88. The van der Waals surface area contributed by atoms with Gasteiger partial charge in [0.25, 0.3) is 5.91 Å². The largest absolute Gasteiger partial charge is 0.341 e. The van der Waals surface area contributed by atoms with Crippen molar-refractivity contribution in [3.05, 3.63) is 47.5 Å². The number of benzene rings is 1. The van der Waals surface area contributed by atoms with Crippen LogP contribution >= 0.6 is 0 Å². The number of hydrogen-bond donors (Lipinski definition) is 1. The van der Waals surface area contributed by atoms with Crippen molar-refractivity contribution >= 4 is 17.5 Å². The van der Waals surface area contributed by atoms with E-state index in [4.69, 9.17) is 0 Å². The van der Waals surface area contributed by atoms with E-state index in [0.29, 0.717) is 23.2 Å². The summed E-state index contributed by atoms with van der Waals surface area (Å²) in [5, 5.41) is 2.74. The Morgan fingerprint density at radius 3 is 2.54 bits per heavy atom. The molecule has 1 aliphatic heterocycles. The van der Waals surface area contributed by atoms with Crippen molar-refractivity contribution in [2.24, 2.45) is 5.92 Å². The summed E-state index contributed by atoms with van der Waals surface area (Å²) in [6, 6.07) is 7.32. The maximum atomic E-state index is 12.9. The second-order valence-corrected chi connectivity index (χ2v) is 6.33. The highest BCUT2D eigenvalue weighted by Gasteiger charge is 2.20. The highest BCUT2D eigenvalue weighted by molar-refractivity contribution is 6.03. The number of hydrogen-bond acceptors (Lipinski definition) is 4. The number of piperidine rings is 1. The first kappa shape index (κ1) is 16.4. The van der Waals surface area contributed by atoms with Crippen LogP contribution in [0.5, 0.6) is 0 Å². The number of anilines is 2. The van der Waals surface area contributed by atoms with Gasteiger partial charge in [-0.15, -0.1) is 0 Å². The summed E-state index contributed by atoms with van der Waals surface area (Å²) in [5.41, 5.74) is 1.61. The van der Waals surface area contributed by atoms with Crippen LogP contribution in [0.4, 0.5) is 16.0 Å². The van der Waals surface area contributed by atoms with Crippen LogP contribution in [0.25, 0.3) is 0 Å². The summed E-state index contributed by atoms with van der Waals surface area (Å²) in [6.45, 7) is 5.91. The third-order valence-corrected chi connectivity index (χ3v) is 4.24. The Labute approximate surface area is 140 Å². The van der Waals surface area contributed by atoms with Gasteiger partial charge in [-0.05, 0) is 56.0 Å². The van der Waals surface area contributed by atoms with Gasteiger partial charge >= 0.3 is 0 Å². The molecular weight excluding hydrogens is 307 g/mol. The van der Waals surface area contributed by atoms with E-state index in [2.05, 4.69) is 27.1 Å². The van der Waals surface area contributed by atoms with Gasteiger partial charge in [-0.25, -0.2) is 14.4 Å². The van der Waals surface area contributed by atoms with Crippen molar-refractivity contribution in [1.82, 2.24) is 9.97 Å². The molecule has 2 aromatic rings. The molecule has 126 valence electrons. The van der Waals surface area contributed by atoms with E-state index in [-0.39, 0.29) is 11.7 Å². The number of rotatable bonds is 3. The lowest BCUT2D eigenvalue weighted by molar-refractivity contribution is 0.102. The molecule has 1 amide bonds. The van der Waals surface area contributed by atoms with Crippen LogP contribution in [-0.2, 0) is 0 Å². The van der Waals surface area contributed by atoms with Crippen molar-refractivity contribution in [3.8, 4) is 0 Å². The third-order valence-electron chi connectivity index (χ3n) is 4.24. The minimum Gasteiger partial charge on any atom is -0.341 e. The number of amides is 1. The lowest BCUT2D eigenvalue weighted by Crippen LogP contribution is -2.34. The molecule has 1 aromatic carbocycles. The summed E-state index contributed by atoms with van der Waals surface area (Å²) in [7, 11) is 0. The summed E-state index contributed by atoms with van der Waals surface area (Å²) < 4.78 is 12.9. The van der Waals surface area contributed by atoms with Gasteiger partial charge in [0.15, 0.2) is 0 Å². The minimum atomic E-state index is -0.340. The Morgan fingerprint density at radius 2 is 1.88 bits per heavy atom. The van der Waals surface area contributed by atoms with E-state index in [0.717, 1.165) is 31.6 Å². The van der Waals surface area contributed by atoms with Gasteiger partial charge in [-0.2, -0.15) is 0 Å². The van der Waals surface area contributed by atoms with Crippen LogP contribution in [0, 0.1) is 18.7 Å². The molecule has 2 heterocycles. The fraction of sp³-hybridized carbons (Fsp3) is 0.389. The second kappa shape index (κ2) is 6.95. The topological polar surface area (TPSA) is 58.1 Å². The smallest absolute Gasteiger partial charge is 0.274 e. The fourth-order valence-electron chi connectivity index (χ4n) is 2.75. The molecule has 0 bridgehead atoms. The molecule has 1 saturated heterocycles. The van der Waals surface area contributed by atoms with Crippen LogP contribution in [0.1, 0.15) is 35.9 Å². The highest BCUT2D eigenvalue weighted by Crippen LogP contribution is 2.21. The van der Waals surface area contributed by atoms with Crippen molar-refractivity contribution in [1.29, 1.82) is 0 Å². The van der Waals surface area contributed by atoms with Crippen molar-refractivity contribution in [2.75, 3.05) is 23.3 Å². The van der Waals surface area contributed by atoms with E-state index in [1.54, 1.807) is 6.07 Å². The average Bonchev–Trinajstić information content (AvgIpc) is 2.57. The van der Waals surface area contributed by atoms with Gasteiger partial charge in [0.05, 0.1) is 0 Å². The molecule has 1 aliphatic rings. The lowest BCUT2D eigenvalue weighted by Gasteiger charge is -2.30. The van der Waals surface area contributed by atoms with Crippen molar-refractivity contribution in [3.63, 3.8) is 0 Å². The molecule has 5 nitrogen and oxygen atoms in total. The minimum absolute atomic E-state index is 0.320. The summed E-state index contributed by atoms with van der Waals surface area (Å²) >= 11 is 0. The number of nitrogens with one attached hydrogen (secondary N) is 1. The lowest BCUT2D eigenvalue weighted by atomic mass is 10.00. The number of nitrogens with zero attached hydrogens (tertiary/aromatic N) is 3. The predicted octanol–water partition coefficient (Wildman–Crippen LogP) is 3.41. The number of carbonyl (C=O) groups is 1. The molecule has 1 N–H and O–H groups in total. The Kier molecular flexibility index (Phi) is 4.74. The van der Waals surface area contributed by atoms with Crippen LogP contribution < -0.4 is 10.2 Å². The zero-order valence-electron chi connectivity index (χ0n) is 13.9. The zero-order chi connectivity index (χ0) is 17.1. The first-order valence-corrected chi connectivity index (χ1v) is 8.19. The normalized spacial score (nSPS) is 15.4. The molecule has 3 rings (SSSR count). The van der Waals surface area contributed by atoms with E-state index >= 15 is 0 Å². The molecule has 24 heavy (non-hydrogen) atoms. The van der Waals surface area contributed by atoms with Gasteiger partial charge < -0.3 is 10.2 Å². The SMILES string of the molecule is Cc1cc(C(=O)Nc2ccc(F)cc2)nc(N2CCC(C)CC2)n1. The quantitative estimate of drug-likeness (QED) is 0.938. The second-order valence-electron chi connectivity index (χ2n) is 6.33. The van der Waals surface area contributed by atoms with Gasteiger partial charge in [-0.3, -0.25) is 4.79 Å². The Morgan fingerprint density at radius 1 is 1.21 bits per heavy atom. The van der Waals surface area contributed by atoms with Gasteiger partial charge in [-0.1, -0.05) is 6.92 Å². The molecule has 1 fully saturated rings. The van der Waals surface area contributed by atoms with Gasteiger partial charge in [0.2, 0.25) is 5.95 Å². The molecule has 0 spiro atoms. The number of carbonyl (C=O) groups excluding carboxylic acids is 1. The molecule has 6 heteroatoms. The van der Waals surface area contributed by atoms with Gasteiger partial charge in [0, 0.05) is 24.5 Å². The number of aryl methyl sites for hydroxylation is 1. The number of halogens is 1. The van der Waals surface area contributed by atoms with Crippen molar-refractivity contribution < 1.29 is 9.18 Å². The van der Waals surface area contributed by atoms with E-state index < -0.39 is 0 Å². The summed E-state index contributed by atoms with van der Waals surface area (Å²) in [6.07, 6.45) is 2.21. The van der Waals surface area contributed by atoms with Crippen molar-refractivity contribution in [2.45, 2.75) is 26.7 Å². The Bertz CT molecular complexity index is 724. The highest BCUT2D eigenvalue weighted by atomic mass is 19.1.